The molecule has 1 N–H and O–H groups in total. The van der Waals surface area contributed by atoms with E-state index in [0.29, 0.717) is 0 Å². The van der Waals surface area contributed by atoms with Gasteiger partial charge in [0.2, 0.25) is 0 Å². The minimum Gasteiger partial charge on any atom is -0.400 e. The molecule has 0 unspecified atom stereocenters. The van der Waals surface area contributed by atoms with Gasteiger partial charge in [0.15, 0.2) is 0 Å². The van der Waals surface area contributed by atoms with E-state index in [2.05, 4.69) is 0 Å². The summed E-state index contributed by atoms with van der Waals surface area (Å²) in [6.45, 7) is 3.13. The first-order chi connectivity index (χ1) is 4.15. The van der Waals surface area contributed by atoms with Crippen LogP contribution < -0.4 is 0 Å². The second kappa shape index (κ2) is 24.4. The fourth-order valence-electron chi connectivity index (χ4n) is 0. The van der Waals surface area contributed by atoms with E-state index < -0.39 is 0 Å². The van der Waals surface area contributed by atoms with Crippen molar-refractivity contribution in [2.45, 2.75) is 18.7 Å². The van der Waals surface area contributed by atoms with E-state index >= 15 is 0 Å². The molecule has 4 heteroatoms. The minimum atomic E-state index is -0.222. The molecule has 0 aromatic heterocycles. The Morgan fingerprint density at radius 1 is 1.44 bits per heavy atom. The first kappa shape index (κ1) is 16.0. The molecule has 2 nitrogen and oxygen atoms in total. The molecule has 0 atom stereocenters. The predicted octanol–water partition coefficient (Wildman–Crippen LogP) is 1.95. The van der Waals surface area contributed by atoms with Gasteiger partial charge in [0.05, 0.1) is 6.07 Å². The Morgan fingerprint density at radius 3 is 1.44 bits per heavy atom. The van der Waals surface area contributed by atoms with E-state index in [-0.39, 0.29) is 4.84 Å². The van der Waals surface area contributed by atoms with Crippen LogP contribution in [0.4, 0.5) is 0 Å². The Labute approximate surface area is 66.0 Å². The molecule has 0 saturated carbocycles. The SMILES string of the molecule is CC#N.CC(Cl)Cl.CO. The highest BCUT2D eigenvalue weighted by Gasteiger charge is 1.75. The van der Waals surface area contributed by atoms with Crippen molar-refractivity contribution in [2.24, 2.45) is 0 Å². The van der Waals surface area contributed by atoms with Gasteiger partial charge in [-0.2, -0.15) is 5.26 Å². The Bertz CT molecular complexity index is 57.7. The van der Waals surface area contributed by atoms with Crippen LogP contribution >= 0.6 is 23.2 Å². The molecule has 0 saturated heterocycles. The average Bonchev–Trinajstić information content (AvgIpc) is 1.71. The zero-order valence-electron chi connectivity index (χ0n) is 5.73. The van der Waals surface area contributed by atoms with Crippen LogP contribution in [-0.2, 0) is 0 Å². The molecule has 0 spiro atoms. The summed E-state index contributed by atoms with van der Waals surface area (Å²) in [4.78, 5) is -0.222. The average molecular weight is 172 g/mol. The van der Waals surface area contributed by atoms with Crippen molar-refractivity contribution in [1.29, 1.82) is 5.26 Å². The van der Waals surface area contributed by atoms with Crippen LogP contribution in [0.1, 0.15) is 13.8 Å². The highest BCUT2D eigenvalue weighted by Crippen LogP contribution is 1.95. The van der Waals surface area contributed by atoms with Crippen LogP contribution in [0.3, 0.4) is 0 Å². The van der Waals surface area contributed by atoms with Gasteiger partial charge in [-0.25, -0.2) is 0 Å². The maximum absolute atomic E-state index is 7.32. The fourth-order valence-corrected chi connectivity index (χ4v) is 0. The van der Waals surface area contributed by atoms with E-state index in [0.717, 1.165) is 7.11 Å². The fraction of sp³-hybridized carbons (Fsp3) is 0.800. The summed E-state index contributed by atoms with van der Waals surface area (Å²) in [5.74, 6) is 0. The minimum absolute atomic E-state index is 0.222. The molecule has 0 aliphatic rings. The lowest BCUT2D eigenvalue weighted by Gasteiger charge is -1.72. The molecule has 0 aromatic rings. The molecule has 0 radical (unpaired) electrons. The van der Waals surface area contributed by atoms with Crippen LogP contribution in [0, 0.1) is 11.3 Å². The van der Waals surface area contributed by atoms with Gasteiger partial charge in [0.25, 0.3) is 0 Å². The van der Waals surface area contributed by atoms with Crippen LogP contribution in [0.5, 0.6) is 0 Å². The van der Waals surface area contributed by atoms with Crippen molar-refractivity contribution in [3.63, 3.8) is 0 Å². The highest BCUT2D eigenvalue weighted by molar-refractivity contribution is 6.43. The summed E-state index contributed by atoms with van der Waals surface area (Å²) in [5, 5.41) is 14.3. The lowest BCUT2D eigenvalue weighted by Crippen LogP contribution is -1.63. The lowest BCUT2D eigenvalue weighted by molar-refractivity contribution is 0.399. The van der Waals surface area contributed by atoms with E-state index in [1.165, 1.54) is 6.92 Å². The van der Waals surface area contributed by atoms with Crippen molar-refractivity contribution in [2.75, 3.05) is 7.11 Å². The van der Waals surface area contributed by atoms with Crippen LogP contribution in [-0.4, -0.2) is 17.1 Å². The number of hydrogen-bond acceptors (Lipinski definition) is 2. The van der Waals surface area contributed by atoms with Gasteiger partial charge < -0.3 is 5.11 Å². The molecule has 0 amide bonds. The Balaban J connectivity index is -0.0000000646. The van der Waals surface area contributed by atoms with Gasteiger partial charge in [-0.05, 0) is 6.92 Å². The number of nitrogens with zero attached hydrogens (tertiary/aromatic N) is 1. The number of nitriles is 1. The summed E-state index contributed by atoms with van der Waals surface area (Å²) >= 11 is 10.1. The Hall–Kier alpha value is 0.0300. The van der Waals surface area contributed by atoms with E-state index in [9.17, 15) is 0 Å². The number of alkyl halides is 2. The lowest BCUT2D eigenvalue weighted by atomic mass is 11.0. The standard InChI is InChI=1S/C2H4Cl2.C2H3N.CH4O/c1-2(3)4;1-2-3;1-2/h2H,1H3;1H3;2H,1H3. The second-order valence-corrected chi connectivity index (χ2v) is 2.28. The van der Waals surface area contributed by atoms with Crippen molar-refractivity contribution >= 4 is 23.2 Å². The monoisotopic (exact) mass is 171 g/mol. The molecule has 56 valence electrons. The summed E-state index contributed by atoms with van der Waals surface area (Å²) in [5.41, 5.74) is 0. The number of aliphatic hydroxyl groups is 1. The van der Waals surface area contributed by atoms with Crippen molar-refractivity contribution < 1.29 is 5.11 Å². The molecule has 0 aromatic carbocycles. The van der Waals surface area contributed by atoms with Crippen LogP contribution in [0.2, 0.25) is 0 Å². The summed E-state index contributed by atoms with van der Waals surface area (Å²) < 4.78 is 0. The number of aliphatic hydroxyl groups excluding tert-OH is 1. The van der Waals surface area contributed by atoms with Crippen molar-refractivity contribution in [3.8, 4) is 6.07 Å². The van der Waals surface area contributed by atoms with E-state index in [1.807, 2.05) is 0 Å². The second-order valence-electron chi connectivity index (χ2n) is 0.743. The molecule has 9 heavy (non-hydrogen) atoms. The summed E-state index contributed by atoms with van der Waals surface area (Å²) in [7, 11) is 1.00. The predicted molar refractivity (Wildman–Crippen MR) is 40.6 cm³/mol. The molecule has 0 rings (SSSR count). The van der Waals surface area contributed by atoms with Gasteiger partial charge in [-0.1, -0.05) is 0 Å². The smallest absolute Gasteiger partial charge is 0.105 e. The van der Waals surface area contributed by atoms with Gasteiger partial charge in [0.1, 0.15) is 4.84 Å². The molecule has 0 heterocycles. The Kier molecular flexibility index (Phi) is 43.5. The van der Waals surface area contributed by atoms with Gasteiger partial charge >= 0.3 is 0 Å². The van der Waals surface area contributed by atoms with E-state index in [4.69, 9.17) is 33.6 Å². The Morgan fingerprint density at radius 2 is 1.44 bits per heavy atom. The third kappa shape index (κ3) is 324000. The number of hydrogen-bond donors (Lipinski definition) is 1. The zero-order valence-corrected chi connectivity index (χ0v) is 7.24. The number of halogens is 2. The van der Waals surface area contributed by atoms with Crippen LogP contribution in [0.15, 0.2) is 0 Å². The maximum atomic E-state index is 7.32. The van der Waals surface area contributed by atoms with E-state index in [1.54, 1.807) is 13.0 Å². The maximum Gasteiger partial charge on any atom is 0.105 e. The zero-order chi connectivity index (χ0) is 8.28. The highest BCUT2D eigenvalue weighted by atomic mass is 35.5. The summed E-state index contributed by atoms with van der Waals surface area (Å²) in [6, 6.07) is 1.75. The topological polar surface area (TPSA) is 44.0 Å². The summed E-state index contributed by atoms with van der Waals surface area (Å²) in [6.07, 6.45) is 0. The van der Waals surface area contributed by atoms with Crippen molar-refractivity contribution in [1.82, 2.24) is 0 Å². The first-order valence-electron chi connectivity index (χ1n) is 2.18. The largest absolute Gasteiger partial charge is 0.400 e. The van der Waals surface area contributed by atoms with Gasteiger partial charge in [-0.15, -0.1) is 23.2 Å². The third-order valence-electron chi connectivity index (χ3n) is 0. The first-order valence-corrected chi connectivity index (χ1v) is 3.06. The van der Waals surface area contributed by atoms with Gasteiger partial charge in [-0.3, -0.25) is 0 Å². The molecular formula is C5H11Cl2NO. The molecule has 0 aliphatic carbocycles. The number of rotatable bonds is 0. The normalized spacial score (nSPS) is 5.56. The van der Waals surface area contributed by atoms with Gasteiger partial charge in [0, 0.05) is 14.0 Å². The molecule has 0 bridgehead atoms. The molecule has 0 aliphatic heterocycles. The quantitative estimate of drug-likeness (QED) is 0.567. The van der Waals surface area contributed by atoms with Crippen molar-refractivity contribution in [3.05, 3.63) is 0 Å². The third-order valence-corrected chi connectivity index (χ3v) is 0. The molecule has 0 fully saturated rings. The van der Waals surface area contributed by atoms with Crippen LogP contribution in [0.25, 0.3) is 0 Å². The molecular weight excluding hydrogens is 161 g/mol.